The molecular formula is C28H28N4OS. The summed E-state index contributed by atoms with van der Waals surface area (Å²) in [6.45, 7) is 6.48. The van der Waals surface area contributed by atoms with Gasteiger partial charge in [0, 0.05) is 29.0 Å². The van der Waals surface area contributed by atoms with Gasteiger partial charge in [-0.1, -0.05) is 25.1 Å². The molecule has 3 heterocycles. The molecule has 5 nitrogen and oxygen atoms in total. The summed E-state index contributed by atoms with van der Waals surface area (Å²) in [5, 5.41) is 14.0. The summed E-state index contributed by atoms with van der Waals surface area (Å²) in [4.78, 5) is 6.79. The molecule has 2 aromatic heterocycles. The third-order valence-corrected chi connectivity index (χ3v) is 6.93. The molecule has 0 bridgehead atoms. The molecule has 34 heavy (non-hydrogen) atoms. The average molecular weight is 469 g/mol. The summed E-state index contributed by atoms with van der Waals surface area (Å²) in [6, 6.07) is 24.0. The third-order valence-electron chi connectivity index (χ3n) is 6.62. The van der Waals surface area contributed by atoms with Gasteiger partial charge in [0.25, 0.3) is 0 Å². The van der Waals surface area contributed by atoms with Gasteiger partial charge in [-0.05, 0) is 98.2 Å². The van der Waals surface area contributed by atoms with E-state index in [1.165, 1.54) is 22.5 Å². The van der Waals surface area contributed by atoms with Gasteiger partial charge in [0.05, 0.1) is 17.8 Å². The van der Waals surface area contributed by atoms with Gasteiger partial charge in [-0.15, -0.1) is 0 Å². The van der Waals surface area contributed by atoms with Crippen LogP contribution in [0, 0.1) is 13.8 Å². The number of hydrogen-bond acceptors (Lipinski definition) is 3. The molecule has 1 aliphatic rings. The lowest BCUT2D eigenvalue weighted by Crippen LogP contribution is -2.29. The molecule has 1 fully saturated rings. The van der Waals surface area contributed by atoms with Crippen LogP contribution in [0.4, 0.5) is 5.69 Å². The van der Waals surface area contributed by atoms with Crippen LogP contribution in [0.1, 0.15) is 47.2 Å². The smallest absolute Gasteiger partial charge is 0.174 e. The number of aryl methyl sites for hydroxylation is 2. The summed E-state index contributed by atoms with van der Waals surface area (Å²) in [7, 11) is 0. The van der Waals surface area contributed by atoms with Crippen molar-refractivity contribution < 1.29 is 5.11 Å². The Morgan fingerprint density at radius 1 is 0.971 bits per heavy atom. The Bertz CT molecular complexity index is 1310. The maximum absolute atomic E-state index is 9.85. The highest BCUT2D eigenvalue weighted by atomic mass is 32.1. The fraction of sp³-hybridized carbons (Fsp3) is 0.214. The van der Waals surface area contributed by atoms with E-state index in [1.54, 1.807) is 12.1 Å². The summed E-state index contributed by atoms with van der Waals surface area (Å²) >= 11 is 5.83. The molecule has 6 heteroatoms. The Hall–Kier alpha value is -3.64. The van der Waals surface area contributed by atoms with Crippen LogP contribution in [0.15, 0.2) is 79.0 Å². The van der Waals surface area contributed by atoms with E-state index in [0.29, 0.717) is 5.11 Å². The van der Waals surface area contributed by atoms with E-state index in [4.69, 9.17) is 12.2 Å². The standard InChI is InChI=1S/C28H28N4OS/c1-4-20-8-10-21(11-9-20)31-18(2)17-24(19(31)3)27-26(25-7-5-6-16-29-25)30-28(34)32(27)22-12-14-23(33)15-13-22/h5-17,26-27,33H,4H2,1-3H3,(H,30,34)/t26-,27+/m0/s1. The van der Waals surface area contributed by atoms with Gasteiger partial charge in [-0.2, -0.15) is 0 Å². The van der Waals surface area contributed by atoms with Crippen LogP contribution in [-0.2, 0) is 6.42 Å². The van der Waals surface area contributed by atoms with E-state index in [-0.39, 0.29) is 17.8 Å². The Labute approximate surface area is 205 Å². The van der Waals surface area contributed by atoms with Crippen LogP contribution in [0.5, 0.6) is 5.75 Å². The molecule has 4 aromatic rings. The number of phenolic OH excluding ortho intramolecular Hbond substituents is 1. The predicted octanol–water partition coefficient (Wildman–Crippen LogP) is 5.93. The van der Waals surface area contributed by atoms with Gasteiger partial charge in [0.15, 0.2) is 5.11 Å². The number of anilines is 1. The van der Waals surface area contributed by atoms with Crippen molar-refractivity contribution in [3.8, 4) is 11.4 Å². The van der Waals surface area contributed by atoms with Crippen molar-refractivity contribution >= 4 is 23.0 Å². The van der Waals surface area contributed by atoms with Crippen LogP contribution in [0.2, 0.25) is 0 Å². The SMILES string of the molecule is CCc1ccc(-n2c(C)cc([C@@H]3[C@H](c4ccccn4)NC(=S)N3c3ccc(O)cc3)c2C)cc1. The van der Waals surface area contributed by atoms with Crippen molar-refractivity contribution in [2.45, 2.75) is 39.3 Å². The minimum absolute atomic E-state index is 0.0955. The number of benzene rings is 2. The number of phenols is 1. The van der Waals surface area contributed by atoms with E-state index in [0.717, 1.165) is 23.5 Å². The Kier molecular flexibility index (Phi) is 5.84. The van der Waals surface area contributed by atoms with Gasteiger partial charge in [-0.25, -0.2) is 0 Å². The molecule has 0 saturated carbocycles. The van der Waals surface area contributed by atoms with Gasteiger partial charge in [-0.3, -0.25) is 4.98 Å². The van der Waals surface area contributed by atoms with Crippen molar-refractivity contribution in [1.29, 1.82) is 0 Å². The summed E-state index contributed by atoms with van der Waals surface area (Å²) < 4.78 is 2.31. The molecule has 0 spiro atoms. The molecule has 172 valence electrons. The molecule has 2 atom stereocenters. The van der Waals surface area contributed by atoms with Gasteiger partial charge in [0.2, 0.25) is 0 Å². The number of aromatic hydroxyl groups is 1. The monoisotopic (exact) mass is 468 g/mol. The number of hydrogen-bond donors (Lipinski definition) is 2. The first-order valence-electron chi connectivity index (χ1n) is 11.6. The first-order valence-corrected chi connectivity index (χ1v) is 12.0. The highest BCUT2D eigenvalue weighted by Crippen LogP contribution is 2.43. The van der Waals surface area contributed by atoms with Crippen molar-refractivity contribution in [3.63, 3.8) is 0 Å². The summed E-state index contributed by atoms with van der Waals surface area (Å²) in [5.74, 6) is 0.230. The zero-order valence-electron chi connectivity index (χ0n) is 19.6. The second kappa shape index (κ2) is 8.95. The number of aromatic nitrogens is 2. The molecule has 0 radical (unpaired) electrons. The number of nitrogens with one attached hydrogen (secondary N) is 1. The van der Waals surface area contributed by atoms with Crippen LogP contribution >= 0.6 is 12.2 Å². The lowest BCUT2D eigenvalue weighted by atomic mass is 9.96. The highest BCUT2D eigenvalue weighted by Gasteiger charge is 2.42. The number of rotatable bonds is 5. The zero-order chi connectivity index (χ0) is 23.8. The first kappa shape index (κ1) is 22.2. The van der Waals surface area contributed by atoms with E-state index >= 15 is 0 Å². The summed E-state index contributed by atoms with van der Waals surface area (Å²) in [6.07, 6.45) is 2.84. The number of thiocarbonyl (C=S) groups is 1. The maximum Gasteiger partial charge on any atom is 0.174 e. The molecule has 1 aliphatic heterocycles. The highest BCUT2D eigenvalue weighted by molar-refractivity contribution is 7.80. The fourth-order valence-corrected chi connectivity index (χ4v) is 5.27. The second-order valence-electron chi connectivity index (χ2n) is 8.69. The van der Waals surface area contributed by atoms with Crippen molar-refractivity contribution in [1.82, 2.24) is 14.9 Å². The first-order chi connectivity index (χ1) is 16.5. The number of nitrogens with zero attached hydrogens (tertiary/aromatic N) is 3. The van der Waals surface area contributed by atoms with Crippen molar-refractivity contribution in [3.05, 3.63) is 107 Å². The Morgan fingerprint density at radius 2 is 1.68 bits per heavy atom. The van der Waals surface area contributed by atoms with Crippen LogP contribution < -0.4 is 10.2 Å². The number of pyridine rings is 1. The lowest BCUT2D eigenvalue weighted by Gasteiger charge is -2.28. The van der Waals surface area contributed by atoms with Crippen molar-refractivity contribution in [2.75, 3.05) is 4.90 Å². The summed E-state index contributed by atoms with van der Waals surface area (Å²) in [5.41, 5.74) is 7.86. The fourth-order valence-electron chi connectivity index (χ4n) is 4.93. The largest absolute Gasteiger partial charge is 0.508 e. The molecule has 2 N–H and O–H groups in total. The minimum atomic E-state index is -0.112. The zero-order valence-corrected chi connectivity index (χ0v) is 20.4. The quantitative estimate of drug-likeness (QED) is 0.355. The molecule has 1 saturated heterocycles. The third kappa shape index (κ3) is 3.84. The van der Waals surface area contributed by atoms with E-state index in [1.807, 2.05) is 36.5 Å². The topological polar surface area (TPSA) is 53.3 Å². The molecule has 0 aliphatic carbocycles. The molecule has 0 amide bonds. The van der Waals surface area contributed by atoms with Gasteiger partial charge in [0.1, 0.15) is 5.75 Å². The molecule has 2 aromatic carbocycles. The normalized spacial score (nSPS) is 17.7. The molecular weight excluding hydrogens is 440 g/mol. The van der Waals surface area contributed by atoms with Crippen LogP contribution in [-0.4, -0.2) is 19.8 Å². The van der Waals surface area contributed by atoms with Crippen LogP contribution in [0.25, 0.3) is 5.69 Å². The predicted molar refractivity (Wildman–Crippen MR) is 141 cm³/mol. The maximum atomic E-state index is 9.85. The molecule has 5 rings (SSSR count). The molecule has 0 unspecified atom stereocenters. The van der Waals surface area contributed by atoms with E-state index in [9.17, 15) is 5.11 Å². The lowest BCUT2D eigenvalue weighted by molar-refractivity contribution is 0.475. The Balaban J connectivity index is 1.65. The van der Waals surface area contributed by atoms with Gasteiger partial charge < -0.3 is 19.9 Å². The minimum Gasteiger partial charge on any atom is -0.508 e. The van der Waals surface area contributed by atoms with Gasteiger partial charge >= 0.3 is 0 Å². The van der Waals surface area contributed by atoms with Crippen molar-refractivity contribution in [2.24, 2.45) is 0 Å². The second-order valence-corrected chi connectivity index (χ2v) is 9.08. The van der Waals surface area contributed by atoms with E-state index in [2.05, 4.69) is 70.9 Å². The average Bonchev–Trinajstić information content (AvgIpc) is 3.35. The Morgan fingerprint density at radius 3 is 2.32 bits per heavy atom. The van der Waals surface area contributed by atoms with Crippen LogP contribution in [0.3, 0.4) is 0 Å². The van der Waals surface area contributed by atoms with E-state index < -0.39 is 0 Å².